The van der Waals surface area contributed by atoms with Crippen molar-refractivity contribution in [1.29, 1.82) is 0 Å². The van der Waals surface area contributed by atoms with Crippen molar-refractivity contribution in [2.24, 2.45) is 0 Å². The van der Waals surface area contributed by atoms with Gasteiger partial charge in [-0.05, 0) is 6.07 Å². The lowest BCUT2D eigenvalue weighted by Crippen LogP contribution is -1.90. The maximum Gasteiger partial charge on any atom is 0.375 e. The molecule has 0 spiro atoms. The Bertz CT molecular complexity index is 406. The van der Waals surface area contributed by atoms with Gasteiger partial charge in [0.2, 0.25) is 0 Å². The Labute approximate surface area is 100 Å². The largest absolute Gasteiger partial charge is 0.423 e. The van der Waals surface area contributed by atoms with Crippen molar-refractivity contribution in [2.45, 2.75) is 0 Å². The van der Waals surface area contributed by atoms with E-state index in [1.54, 1.807) is 0 Å². The zero-order valence-electron chi connectivity index (χ0n) is 6.45. The van der Waals surface area contributed by atoms with Gasteiger partial charge in [0.25, 0.3) is 0 Å². The zero-order valence-corrected chi connectivity index (χ0v) is 10.4. The van der Waals surface area contributed by atoms with Gasteiger partial charge in [0.15, 0.2) is 0 Å². The maximum atomic E-state index is 8.88. The van der Waals surface area contributed by atoms with Crippen molar-refractivity contribution in [3.63, 3.8) is 0 Å². The van der Waals surface area contributed by atoms with Gasteiger partial charge in [-0.15, -0.1) is 0 Å². The van der Waals surface area contributed by atoms with Gasteiger partial charge in [-0.25, -0.2) is 0 Å². The molecule has 1 rings (SSSR count). The first-order chi connectivity index (χ1) is 6.29. The Hall–Kier alpha value is 0.460. The molecule has 0 atom stereocenters. The average molecular weight is 293 g/mol. The molecular weight excluding hydrogens is 289 g/mol. The summed E-state index contributed by atoms with van der Waals surface area (Å²) in [6.45, 7) is -3.80. The van der Waals surface area contributed by atoms with E-state index >= 15 is 0 Å². The van der Waals surface area contributed by atoms with Crippen LogP contribution in [0.4, 0.5) is 0 Å². The van der Waals surface area contributed by atoms with Gasteiger partial charge in [0.05, 0.1) is 15.1 Å². The van der Waals surface area contributed by atoms with Crippen LogP contribution in [0.25, 0.3) is 0 Å². The van der Waals surface area contributed by atoms with Crippen molar-refractivity contribution in [3.05, 3.63) is 27.2 Å². The van der Waals surface area contributed by atoms with Crippen LogP contribution in [0.5, 0.6) is 5.75 Å². The summed E-state index contributed by atoms with van der Waals surface area (Å²) in [5, 5.41) is 0.541. The second kappa shape index (κ2) is 4.54. The number of hydrogen-bond acceptors (Lipinski definition) is 2. The van der Waals surface area contributed by atoms with Crippen molar-refractivity contribution >= 4 is 53.3 Å². The summed E-state index contributed by atoms with van der Waals surface area (Å²) < 4.78 is 4.63. The first kappa shape index (κ1) is 12.5. The lowest BCUT2D eigenvalue weighted by molar-refractivity contribution is 0.371. The van der Waals surface area contributed by atoms with Crippen molar-refractivity contribution in [3.8, 4) is 5.75 Å². The molecule has 3 nitrogen and oxygen atoms in total. The predicted octanol–water partition coefficient (Wildman–Crippen LogP) is 3.23. The van der Waals surface area contributed by atoms with E-state index in [9.17, 15) is 0 Å². The summed E-state index contributed by atoms with van der Waals surface area (Å²) in [6.07, 6.45) is 0. The lowest BCUT2D eigenvalue weighted by Gasteiger charge is -2.11. The highest BCUT2D eigenvalue weighted by Gasteiger charge is 2.14. The van der Waals surface area contributed by atoms with Crippen LogP contribution in [0, 0.1) is 0 Å². The highest BCUT2D eigenvalue weighted by Crippen LogP contribution is 2.43. The highest BCUT2D eigenvalue weighted by atomic mass is 35.5. The molecule has 0 bridgehead atoms. The van der Waals surface area contributed by atoms with Crippen molar-refractivity contribution in [1.82, 2.24) is 0 Å². The fourth-order valence-corrected chi connectivity index (χ4v) is 1.98. The number of hydrogen-bond donors (Lipinski definition) is 2. The molecule has 0 unspecified atom stereocenters. The number of benzene rings is 1. The van der Waals surface area contributed by atoms with Crippen LogP contribution in [-0.4, -0.2) is 9.79 Å². The molecule has 0 aliphatic carbocycles. The van der Waals surface area contributed by atoms with E-state index < -0.39 is 6.72 Å². The molecule has 8 heteroatoms. The third-order valence-electron chi connectivity index (χ3n) is 1.19. The number of halogens is 3. The Morgan fingerprint density at radius 1 is 1.07 bits per heavy atom. The van der Waals surface area contributed by atoms with E-state index in [0.717, 1.165) is 0 Å². The molecule has 0 radical (unpaired) electrons. The minimum absolute atomic E-state index is 0.00519. The van der Waals surface area contributed by atoms with E-state index in [1.807, 2.05) is 0 Å². The molecule has 78 valence electrons. The van der Waals surface area contributed by atoms with E-state index in [-0.39, 0.29) is 20.8 Å². The SMILES string of the molecule is OP(O)(=S)Oc1cc(Cl)c(Cl)cc1Cl. The van der Waals surface area contributed by atoms with Crippen LogP contribution in [0.3, 0.4) is 0 Å². The van der Waals surface area contributed by atoms with Crippen LogP contribution in [-0.2, 0) is 11.8 Å². The zero-order chi connectivity index (χ0) is 10.9. The standard InChI is InChI=1S/C6H4Cl3O3PS/c7-3-1-5(9)6(2-4(3)8)12-13(10,11)14/h1-2H,(H2,10,11,14). The normalized spacial score (nSPS) is 11.5. The summed E-state index contributed by atoms with van der Waals surface area (Å²) in [6, 6.07) is 2.59. The molecule has 1 aromatic carbocycles. The van der Waals surface area contributed by atoms with E-state index in [4.69, 9.17) is 44.6 Å². The molecular formula is C6H4Cl3O3PS. The average Bonchev–Trinajstić information content (AvgIpc) is 1.97. The molecule has 0 aromatic heterocycles. The molecule has 2 N–H and O–H groups in total. The van der Waals surface area contributed by atoms with Crippen molar-refractivity contribution in [2.75, 3.05) is 0 Å². The van der Waals surface area contributed by atoms with Crippen LogP contribution >= 0.6 is 41.5 Å². The molecule has 14 heavy (non-hydrogen) atoms. The minimum Gasteiger partial charge on any atom is -0.423 e. The second-order valence-corrected chi connectivity index (χ2v) is 6.09. The first-order valence-corrected chi connectivity index (χ1v) is 6.95. The third-order valence-corrected chi connectivity index (χ3v) is 2.87. The van der Waals surface area contributed by atoms with Gasteiger partial charge in [-0.3, -0.25) is 0 Å². The molecule has 0 amide bonds. The second-order valence-electron chi connectivity index (χ2n) is 2.28. The maximum absolute atomic E-state index is 8.88. The van der Waals surface area contributed by atoms with E-state index in [0.29, 0.717) is 0 Å². The summed E-state index contributed by atoms with van der Waals surface area (Å²) in [4.78, 5) is 17.8. The van der Waals surface area contributed by atoms with E-state index in [1.165, 1.54) is 12.1 Å². The minimum atomic E-state index is -3.80. The molecule has 0 saturated heterocycles. The van der Waals surface area contributed by atoms with Gasteiger partial charge in [-0.2, -0.15) is 0 Å². The Balaban J connectivity index is 3.11. The van der Waals surface area contributed by atoms with Crippen molar-refractivity contribution < 1.29 is 14.3 Å². The molecule has 1 aromatic rings. The summed E-state index contributed by atoms with van der Waals surface area (Å²) in [7, 11) is 0. The smallest absolute Gasteiger partial charge is 0.375 e. The number of rotatable bonds is 2. The highest BCUT2D eigenvalue weighted by molar-refractivity contribution is 8.06. The van der Waals surface area contributed by atoms with Gasteiger partial charge < -0.3 is 14.3 Å². The fraction of sp³-hybridized carbons (Fsp3) is 0. The summed E-state index contributed by atoms with van der Waals surface area (Å²) in [5.41, 5.74) is 0. The quantitative estimate of drug-likeness (QED) is 0.649. The lowest BCUT2D eigenvalue weighted by atomic mass is 10.3. The van der Waals surface area contributed by atoms with Crippen LogP contribution < -0.4 is 4.52 Å². The monoisotopic (exact) mass is 292 g/mol. The molecule has 0 saturated carbocycles. The van der Waals surface area contributed by atoms with Gasteiger partial charge >= 0.3 is 6.72 Å². The molecule has 0 aliphatic heterocycles. The fourth-order valence-electron chi connectivity index (χ4n) is 0.702. The molecule has 0 aliphatic rings. The van der Waals surface area contributed by atoms with Gasteiger partial charge in [0, 0.05) is 17.9 Å². The third kappa shape index (κ3) is 3.55. The van der Waals surface area contributed by atoms with Gasteiger partial charge in [0.1, 0.15) is 5.75 Å². The Morgan fingerprint density at radius 3 is 2.07 bits per heavy atom. The summed E-state index contributed by atoms with van der Waals surface area (Å²) in [5.74, 6) is -0.00519. The van der Waals surface area contributed by atoms with E-state index in [2.05, 4.69) is 16.3 Å². The van der Waals surface area contributed by atoms with Crippen LogP contribution in [0.2, 0.25) is 15.1 Å². The molecule has 0 heterocycles. The van der Waals surface area contributed by atoms with Gasteiger partial charge in [-0.1, -0.05) is 34.8 Å². The Kier molecular flexibility index (Phi) is 4.06. The predicted molar refractivity (Wildman–Crippen MR) is 60.8 cm³/mol. The summed E-state index contributed by atoms with van der Waals surface area (Å²) >= 11 is 21.3. The topological polar surface area (TPSA) is 49.7 Å². The first-order valence-electron chi connectivity index (χ1n) is 3.19. The molecule has 0 fully saturated rings. The Morgan fingerprint density at radius 2 is 1.57 bits per heavy atom. The van der Waals surface area contributed by atoms with Crippen LogP contribution in [0.15, 0.2) is 12.1 Å². The van der Waals surface area contributed by atoms with Crippen LogP contribution in [0.1, 0.15) is 0 Å².